The number of hydrogen-bond acceptors (Lipinski definition) is 4. The Morgan fingerprint density at radius 2 is 2.05 bits per heavy atom. The van der Waals surface area contributed by atoms with Crippen LogP contribution in [0.1, 0.15) is 18.1 Å². The Bertz CT molecular complexity index is 587. The van der Waals surface area contributed by atoms with Gasteiger partial charge in [-0.3, -0.25) is 0 Å². The second kappa shape index (κ2) is 5.87. The van der Waals surface area contributed by atoms with Gasteiger partial charge in [0.25, 0.3) is 0 Å². The number of anilines is 2. The Morgan fingerprint density at radius 3 is 2.74 bits per heavy atom. The van der Waals surface area contributed by atoms with Crippen LogP contribution in [0.15, 0.2) is 42.6 Å². The van der Waals surface area contributed by atoms with Crippen molar-refractivity contribution in [3.63, 3.8) is 0 Å². The smallest absolute Gasteiger partial charge is 0.150 e. The first-order chi connectivity index (χ1) is 9.20. The van der Waals surface area contributed by atoms with Crippen molar-refractivity contribution in [1.82, 2.24) is 4.98 Å². The largest absolute Gasteiger partial charge is 0.395 e. The van der Waals surface area contributed by atoms with Gasteiger partial charge in [-0.2, -0.15) is 5.26 Å². The highest BCUT2D eigenvalue weighted by Crippen LogP contribution is 2.20. The van der Waals surface area contributed by atoms with Gasteiger partial charge in [-0.05, 0) is 25.0 Å². The number of nitrogen functional groups attached to an aromatic ring is 1. The average molecular weight is 252 g/mol. The summed E-state index contributed by atoms with van der Waals surface area (Å²) in [6.45, 7) is 2.06. The van der Waals surface area contributed by atoms with Gasteiger partial charge < -0.3 is 11.1 Å². The van der Waals surface area contributed by atoms with Crippen molar-refractivity contribution >= 4 is 11.5 Å². The second-order valence-corrected chi connectivity index (χ2v) is 4.47. The fraction of sp³-hybridized carbons (Fsp3) is 0.200. The van der Waals surface area contributed by atoms with Crippen molar-refractivity contribution in [3.8, 4) is 6.07 Å². The molecule has 1 unspecified atom stereocenters. The predicted molar refractivity (Wildman–Crippen MR) is 76.6 cm³/mol. The molecule has 0 aliphatic rings. The van der Waals surface area contributed by atoms with Gasteiger partial charge in [-0.25, -0.2) is 4.98 Å². The van der Waals surface area contributed by atoms with Crippen LogP contribution in [-0.4, -0.2) is 11.0 Å². The molecular weight excluding hydrogens is 236 g/mol. The van der Waals surface area contributed by atoms with E-state index in [0.717, 1.165) is 6.42 Å². The zero-order valence-corrected chi connectivity index (χ0v) is 10.8. The molecule has 96 valence electrons. The molecule has 19 heavy (non-hydrogen) atoms. The van der Waals surface area contributed by atoms with Crippen LogP contribution in [-0.2, 0) is 6.42 Å². The third kappa shape index (κ3) is 3.23. The Balaban J connectivity index is 2.08. The summed E-state index contributed by atoms with van der Waals surface area (Å²) in [6.07, 6.45) is 2.46. The lowest BCUT2D eigenvalue weighted by atomic mass is 10.1. The highest BCUT2D eigenvalue weighted by Gasteiger charge is 2.09. The summed E-state index contributed by atoms with van der Waals surface area (Å²) in [5, 5.41) is 12.2. The maximum absolute atomic E-state index is 8.93. The van der Waals surface area contributed by atoms with E-state index in [-0.39, 0.29) is 6.04 Å². The first-order valence-electron chi connectivity index (χ1n) is 6.15. The first kappa shape index (κ1) is 12.9. The fourth-order valence-corrected chi connectivity index (χ4v) is 1.94. The third-order valence-electron chi connectivity index (χ3n) is 2.88. The molecule has 1 atom stereocenters. The van der Waals surface area contributed by atoms with Crippen LogP contribution in [0.2, 0.25) is 0 Å². The average Bonchev–Trinajstić information content (AvgIpc) is 2.42. The van der Waals surface area contributed by atoms with E-state index in [2.05, 4.69) is 35.4 Å². The quantitative estimate of drug-likeness (QED) is 0.877. The summed E-state index contributed by atoms with van der Waals surface area (Å²) in [5.41, 5.74) is 7.99. The van der Waals surface area contributed by atoms with Crippen molar-refractivity contribution in [2.45, 2.75) is 19.4 Å². The number of rotatable bonds is 4. The normalized spacial score (nSPS) is 11.6. The zero-order chi connectivity index (χ0) is 13.7. The van der Waals surface area contributed by atoms with E-state index in [9.17, 15) is 0 Å². The van der Waals surface area contributed by atoms with Crippen LogP contribution < -0.4 is 11.1 Å². The van der Waals surface area contributed by atoms with Crippen LogP contribution in [0.25, 0.3) is 0 Å². The lowest BCUT2D eigenvalue weighted by Crippen LogP contribution is -2.20. The molecule has 0 fully saturated rings. The molecule has 0 amide bonds. The molecule has 1 aromatic heterocycles. The Kier molecular flexibility index (Phi) is 3.99. The summed E-state index contributed by atoms with van der Waals surface area (Å²) >= 11 is 0. The van der Waals surface area contributed by atoms with E-state index in [1.165, 1.54) is 5.56 Å². The molecule has 0 spiro atoms. The number of nitrogens with one attached hydrogen (secondary N) is 1. The number of nitrogens with two attached hydrogens (primary N) is 1. The van der Waals surface area contributed by atoms with E-state index in [0.29, 0.717) is 17.1 Å². The molecule has 0 saturated heterocycles. The molecule has 4 heteroatoms. The van der Waals surface area contributed by atoms with Gasteiger partial charge in [0, 0.05) is 12.2 Å². The van der Waals surface area contributed by atoms with Crippen molar-refractivity contribution in [2.24, 2.45) is 0 Å². The number of benzene rings is 1. The minimum atomic E-state index is 0.186. The van der Waals surface area contributed by atoms with E-state index in [4.69, 9.17) is 11.0 Å². The van der Waals surface area contributed by atoms with Gasteiger partial charge in [0.05, 0.1) is 11.3 Å². The van der Waals surface area contributed by atoms with Gasteiger partial charge in [0.15, 0.2) is 5.82 Å². The summed E-state index contributed by atoms with van der Waals surface area (Å²) in [5.74, 6) is 0.572. The topological polar surface area (TPSA) is 74.7 Å². The van der Waals surface area contributed by atoms with Crippen molar-refractivity contribution in [1.29, 1.82) is 5.26 Å². The monoisotopic (exact) mass is 252 g/mol. The predicted octanol–water partition coefficient (Wildman–Crippen LogP) is 2.58. The lowest BCUT2D eigenvalue weighted by molar-refractivity contribution is 0.785. The number of aromatic nitrogens is 1. The highest BCUT2D eigenvalue weighted by atomic mass is 15.0. The van der Waals surface area contributed by atoms with Crippen LogP contribution >= 0.6 is 0 Å². The molecule has 0 bridgehead atoms. The summed E-state index contributed by atoms with van der Waals surface area (Å²) in [6, 6.07) is 14.1. The summed E-state index contributed by atoms with van der Waals surface area (Å²) in [4.78, 5) is 4.18. The number of pyridine rings is 1. The molecule has 3 N–H and O–H groups in total. The standard InChI is InChI=1S/C15H16N4/c1-11(9-12-5-3-2-4-6-12)19-15-14(17)13(10-16)7-8-18-15/h2-8,11H,9,17H2,1H3,(H,18,19). The minimum Gasteiger partial charge on any atom is -0.395 e. The molecule has 0 aliphatic carbocycles. The molecule has 0 aliphatic heterocycles. The molecule has 4 nitrogen and oxygen atoms in total. The number of nitriles is 1. The van der Waals surface area contributed by atoms with Gasteiger partial charge >= 0.3 is 0 Å². The maximum atomic E-state index is 8.93. The molecule has 1 heterocycles. The molecule has 0 radical (unpaired) electrons. The summed E-state index contributed by atoms with van der Waals surface area (Å²) < 4.78 is 0. The van der Waals surface area contributed by atoms with Gasteiger partial charge in [0.2, 0.25) is 0 Å². The van der Waals surface area contributed by atoms with E-state index < -0.39 is 0 Å². The minimum absolute atomic E-state index is 0.186. The SMILES string of the molecule is CC(Cc1ccccc1)Nc1nccc(C#N)c1N. The second-order valence-electron chi connectivity index (χ2n) is 4.47. The molecule has 2 aromatic rings. The zero-order valence-electron chi connectivity index (χ0n) is 10.8. The molecule has 1 aromatic carbocycles. The molecule has 2 rings (SSSR count). The first-order valence-corrected chi connectivity index (χ1v) is 6.15. The van der Waals surface area contributed by atoms with Crippen LogP contribution in [0.3, 0.4) is 0 Å². The maximum Gasteiger partial charge on any atom is 0.150 e. The van der Waals surface area contributed by atoms with Crippen molar-refractivity contribution in [3.05, 3.63) is 53.7 Å². The van der Waals surface area contributed by atoms with Gasteiger partial charge in [-0.15, -0.1) is 0 Å². The van der Waals surface area contributed by atoms with E-state index >= 15 is 0 Å². The molecular formula is C15H16N4. The highest BCUT2D eigenvalue weighted by molar-refractivity contribution is 5.69. The van der Waals surface area contributed by atoms with E-state index in [1.54, 1.807) is 12.3 Å². The van der Waals surface area contributed by atoms with Gasteiger partial charge in [-0.1, -0.05) is 30.3 Å². The Morgan fingerprint density at radius 1 is 1.32 bits per heavy atom. The number of hydrogen-bond donors (Lipinski definition) is 2. The van der Waals surface area contributed by atoms with Crippen LogP contribution in [0.5, 0.6) is 0 Å². The van der Waals surface area contributed by atoms with E-state index in [1.807, 2.05) is 18.2 Å². The van der Waals surface area contributed by atoms with Crippen LogP contribution in [0.4, 0.5) is 11.5 Å². The third-order valence-corrected chi connectivity index (χ3v) is 2.88. The fourth-order valence-electron chi connectivity index (χ4n) is 1.94. The van der Waals surface area contributed by atoms with Crippen molar-refractivity contribution in [2.75, 3.05) is 11.1 Å². The van der Waals surface area contributed by atoms with Crippen molar-refractivity contribution < 1.29 is 0 Å². The Hall–Kier alpha value is -2.54. The Labute approximate surface area is 112 Å². The lowest BCUT2D eigenvalue weighted by Gasteiger charge is -2.16. The molecule has 0 saturated carbocycles. The number of nitrogens with zero attached hydrogens (tertiary/aromatic N) is 2. The van der Waals surface area contributed by atoms with Crippen LogP contribution in [0, 0.1) is 11.3 Å². The van der Waals surface area contributed by atoms with Gasteiger partial charge in [0.1, 0.15) is 6.07 Å². The summed E-state index contributed by atoms with van der Waals surface area (Å²) in [7, 11) is 0.